The SMILES string of the molecule is O=C(O)Cc1cccn2cnnc12. The third-order valence-electron chi connectivity index (χ3n) is 1.75. The van der Waals surface area contributed by atoms with Crippen molar-refractivity contribution in [1.82, 2.24) is 14.6 Å². The Kier molecular flexibility index (Phi) is 1.70. The lowest BCUT2D eigenvalue weighted by Gasteiger charge is -1.97. The molecule has 0 radical (unpaired) electrons. The molecule has 0 saturated heterocycles. The number of carbonyl (C=O) groups is 1. The van der Waals surface area contributed by atoms with Crippen LogP contribution in [0.15, 0.2) is 24.7 Å². The second kappa shape index (κ2) is 2.85. The highest BCUT2D eigenvalue weighted by Crippen LogP contribution is 2.07. The second-order valence-electron chi connectivity index (χ2n) is 2.67. The summed E-state index contributed by atoms with van der Waals surface area (Å²) in [5.41, 5.74) is 1.28. The van der Waals surface area contributed by atoms with Gasteiger partial charge in [-0.1, -0.05) is 6.07 Å². The van der Waals surface area contributed by atoms with Crippen molar-refractivity contribution in [2.75, 3.05) is 0 Å². The van der Waals surface area contributed by atoms with Crippen LogP contribution in [0.1, 0.15) is 5.56 Å². The van der Waals surface area contributed by atoms with E-state index in [4.69, 9.17) is 5.11 Å². The number of nitrogens with zero attached hydrogens (tertiary/aromatic N) is 3. The van der Waals surface area contributed by atoms with Gasteiger partial charge in [-0.3, -0.25) is 9.20 Å². The van der Waals surface area contributed by atoms with E-state index in [-0.39, 0.29) is 6.42 Å². The van der Waals surface area contributed by atoms with Gasteiger partial charge in [-0.2, -0.15) is 0 Å². The van der Waals surface area contributed by atoms with Crippen LogP contribution in [0.4, 0.5) is 0 Å². The molecule has 0 unspecified atom stereocenters. The summed E-state index contributed by atoms with van der Waals surface area (Å²) in [6.07, 6.45) is 3.30. The quantitative estimate of drug-likeness (QED) is 0.719. The highest BCUT2D eigenvalue weighted by atomic mass is 16.4. The van der Waals surface area contributed by atoms with Crippen molar-refractivity contribution < 1.29 is 9.90 Å². The number of hydrogen-bond donors (Lipinski definition) is 1. The summed E-state index contributed by atoms with van der Waals surface area (Å²) >= 11 is 0. The predicted octanol–water partition coefficient (Wildman–Crippen LogP) is 0.356. The Bertz CT molecular complexity index is 449. The summed E-state index contributed by atoms with van der Waals surface area (Å²) in [5.74, 6) is -0.865. The molecule has 0 aliphatic heterocycles. The molecule has 0 amide bonds. The smallest absolute Gasteiger partial charge is 0.307 e. The third kappa shape index (κ3) is 1.35. The molecule has 2 aromatic rings. The average molecular weight is 177 g/mol. The molecule has 0 atom stereocenters. The lowest BCUT2D eigenvalue weighted by atomic mass is 10.2. The molecule has 0 spiro atoms. The molecule has 13 heavy (non-hydrogen) atoms. The molecule has 0 saturated carbocycles. The number of rotatable bonds is 2. The fourth-order valence-corrected chi connectivity index (χ4v) is 1.21. The molecular formula is C8H7N3O2. The molecule has 5 heteroatoms. The van der Waals surface area contributed by atoms with Crippen LogP contribution in [-0.4, -0.2) is 25.7 Å². The largest absolute Gasteiger partial charge is 0.481 e. The predicted molar refractivity (Wildman–Crippen MR) is 44.3 cm³/mol. The monoisotopic (exact) mass is 177 g/mol. The van der Waals surface area contributed by atoms with Gasteiger partial charge in [0.25, 0.3) is 0 Å². The van der Waals surface area contributed by atoms with Gasteiger partial charge in [0.15, 0.2) is 5.65 Å². The van der Waals surface area contributed by atoms with Crippen LogP contribution in [0.25, 0.3) is 5.65 Å². The number of carboxylic acids is 1. The molecule has 1 N–H and O–H groups in total. The van der Waals surface area contributed by atoms with E-state index in [9.17, 15) is 4.79 Å². The normalized spacial score (nSPS) is 10.5. The first kappa shape index (κ1) is 7.72. The Morgan fingerprint density at radius 2 is 2.46 bits per heavy atom. The van der Waals surface area contributed by atoms with Crippen LogP contribution < -0.4 is 0 Å². The zero-order chi connectivity index (χ0) is 9.26. The van der Waals surface area contributed by atoms with Crippen LogP contribution in [-0.2, 0) is 11.2 Å². The molecule has 2 heterocycles. The summed E-state index contributed by atoms with van der Waals surface area (Å²) in [6.45, 7) is 0. The van der Waals surface area contributed by atoms with E-state index in [2.05, 4.69) is 10.2 Å². The fourth-order valence-electron chi connectivity index (χ4n) is 1.21. The van der Waals surface area contributed by atoms with E-state index in [1.165, 1.54) is 0 Å². The van der Waals surface area contributed by atoms with Gasteiger partial charge in [-0.25, -0.2) is 0 Å². The summed E-state index contributed by atoms with van der Waals surface area (Å²) < 4.78 is 1.69. The van der Waals surface area contributed by atoms with Gasteiger partial charge in [-0.05, 0) is 6.07 Å². The Morgan fingerprint density at radius 3 is 3.23 bits per heavy atom. The Labute approximate surface area is 73.6 Å². The summed E-state index contributed by atoms with van der Waals surface area (Å²) in [6, 6.07) is 3.51. The van der Waals surface area contributed by atoms with Crippen molar-refractivity contribution in [3.63, 3.8) is 0 Å². The van der Waals surface area contributed by atoms with Crippen molar-refractivity contribution >= 4 is 11.6 Å². The van der Waals surface area contributed by atoms with Crippen molar-refractivity contribution in [2.24, 2.45) is 0 Å². The first-order valence-electron chi connectivity index (χ1n) is 3.76. The molecule has 0 aromatic carbocycles. The van der Waals surface area contributed by atoms with Crippen LogP contribution in [0.2, 0.25) is 0 Å². The van der Waals surface area contributed by atoms with Crippen molar-refractivity contribution in [3.05, 3.63) is 30.2 Å². The molecular weight excluding hydrogens is 170 g/mol. The Hall–Kier alpha value is -1.91. The highest BCUT2D eigenvalue weighted by molar-refractivity contribution is 5.72. The van der Waals surface area contributed by atoms with Crippen molar-refractivity contribution in [3.8, 4) is 0 Å². The summed E-state index contributed by atoms with van der Waals surface area (Å²) in [7, 11) is 0. The number of aliphatic carboxylic acids is 1. The Morgan fingerprint density at radius 1 is 1.62 bits per heavy atom. The van der Waals surface area contributed by atoms with E-state index in [0.717, 1.165) is 0 Å². The van der Waals surface area contributed by atoms with Gasteiger partial charge < -0.3 is 5.11 Å². The molecule has 0 aliphatic carbocycles. The van der Waals surface area contributed by atoms with E-state index >= 15 is 0 Å². The minimum Gasteiger partial charge on any atom is -0.481 e. The topological polar surface area (TPSA) is 67.5 Å². The molecule has 5 nitrogen and oxygen atoms in total. The number of pyridine rings is 1. The number of carboxylic acid groups (broad SMARTS) is 1. The van der Waals surface area contributed by atoms with Crippen LogP contribution in [0.5, 0.6) is 0 Å². The maximum atomic E-state index is 10.5. The van der Waals surface area contributed by atoms with Crippen LogP contribution in [0, 0.1) is 0 Å². The molecule has 2 rings (SSSR count). The van der Waals surface area contributed by atoms with E-state index in [0.29, 0.717) is 11.2 Å². The van der Waals surface area contributed by atoms with E-state index < -0.39 is 5.97 Å². The van der Waals surface area contributed by atoms with Crippen LogP contribution in [0.3, 0.4) is 0 Å². The minimum absolute atomic E-state index is 0.0248. The first-order valence-corrected chi connectivity index (χ1v) is 3.76. The van der Waals surface area contributed by atoms with Gasteiger partial charge in [-0.15, -0.1) is 10.2 Å². The lowest BCUT2D eigenvalue weighted by molar-refractivity contribution is -0.136. The molecule has 66 valence electrons. The second-order valence-corrected chi connectivity index (χ2v) is 2.67. The van der Waals surface area contributed by atoms with Crippen LogP contribution >= 0.6 is 0 Å². The van der Waals surface area contributed by atoms with Gasteiger partial charge in [0.1, 0.15) is 6.33 Å². The average Bonchev–Trinajstić information content (AvgIpc) is 2.51. The summed E-state index contributed by atoms with van der Waals surface area (Å²) in [5, 5.41) is 16.1. The minimum atomic E-state index is -0.865. The van der Waals surface area contributed by atoms with Crippen molar-refractivity contribution in [1.29, 1.82) is 0 Å². The lowest BCUT2D eigenvalue weighted by Crippen LogP contribution is -2.02. The van der Waals surface area contributed by atoms with Crippen molar-refractivity contribution in [2.45, 2.75) is 6.42 Å². The zero-order valence-electron chi connectivity index (χ0n) is 6.71. The number of aromatic nitrogens is 3. The maximum absolute atomic E-state index is 10.5. The van der Waals surface area contributed by atoms with Gasteiger partial charge in [0, 0.05) is 11.8 Å². The molecule has 0 aliphatic rings. The maximum Gasteiger partial charge on any atom is 0.307 e. The van der Waals surface area contributed by atoms with Gasteiger partial charge in [0.05, 0.1) is 6.42 Å². The molecule has 0 fully saturated rings. The van der Waals surface area contributed by atoms with E-state index in [1.54, 1.807) is 29.1 Å². The Balaban J connectivity index is 2.54. The number of hydrogen-bond acceptors (Lipinski definition) is 3. The molecule has 2 aromatic heterocycles. The highest BCUT2D eigenvalue weighted by Gasteiger charge is 2.06. The van der Waals surface area contributed by atoms with Gasteiger partial charge in [0.2, 0.25) is 0 Å². The number of fused-ring (bicyclic) bond motifs is 1. The van der Waals surface area contributed by atoms with Gasteiger partial charge >= 0.3 is 5.97 Å². The summed E-state index contributed by atoms with van der Waals surface area (Å²) in [4.78, 5) is 10.5. The third-order valence-corrected chi connectivity index (χ3v) is 1.75. The standard InChI is InChI=1S/C8H7N3O2/c12-7(13)4-6-2-1-3-11-5-9-10-8(6)11/h1-3,5H,4H2,(H,12,13). The molecule has 0 bridgehead atoms. The fraction of sp³-hybridized carbons (Fsp3) is 0.125. The van der Waals surface area contributed by atoms with E-state index in [1.807, 2.05) is 0 Å². The zero-order valence-corrected chi connectivity index (χ0v) is 6.71. The first-order chi connectivity index (χ1) is 6.27.